The largest absolute Gasteiger partial charge is 0.367 e. The number of hydrogen-bond donors (Lipinski definition) is 2. The maximum Gasteiger partial charge on any atom is 0.224 e. The van der Waals surface area contributed by atoms with E-state index in [4.69, 9.17) is 0 Å². The van der Waals surface area contributed by atoms with E-state index in [1.807, 2.05) is 12.3 Å². The molecule has 0 atom stereocenters. The molecule has 23 heavy (non-hydrogen) atoms. The van der Waals surface area contributed by atoms with Gasteiger partial charge in [-0.1, -0.05) is 20.8 Å². The predicted octanol–water partition coefficient (Wildman–Crippen LogP) is 3.61. The van der Waals surface area contributed by atoms with Gasteiger partial charge in [-0.2, -0.15) is 4.98 Å². The van der Waals surface area contributed by atoms with Crippen LogP contribution in [0.5, 0.6) is 0 Å². The predicted molar refractivity (Wildman–Crippen MR) is 98.0 cm³/mol. The Morgan fingerprint density at radius 2 is 1.91 bits per heavy atom. The number of hydrogen-bond acceptors (Lipinski definition) is 5. The number of rotatable bonds is 9. The van der Waals surface area contributed by atoms with E-state index in [1.165, 1.54) is 25.7 Å². The Kier molecular flexibility index (Phi) is 7.59. The Morgan fingerprint density at radius 3 is 2.61 bits per heavy atom. The van der Waals surface area contributed by atoms with Crippen LogP contribution in [0.1, 0.15) is 52.9 Å². The lowest BCUT2D eigenvalue weighted by atomic mass is 9.87. The first-order valence-corrected chi connectivity index (χ1v) is 9.27. The molecule has 0 unspecified atom stereocenters. The zero-order valence-corrected chi connectivity index (χ0v) is 15.0. The van der Waals surface area contributed by atoms with Gasteiger partial charge in [0, 0.05) is 18.8 Å². The summed E-state index contributed by atoms with van der Waals surface area (Å²) in [6.07, 6.45) is 8.09. The minimum Gasteiger partial charge on any atom is -0.367 e. The topological polar surface area (TPSA) is 53.1 Å². The molecule has 1 aliphatic rings. The molecule has 2 rings (SSSR count). The van der Waals surface area contributed by atoms with Crippen LogP contribution in [0.4, 0.5) is 11.8 Å². The highest BCUT2D eigenvalue weighted by Gasteiger charge is 2.18. The summed E-state index contributed by atoms with van der Waals surface area (Å²) in [6.45, 7) is 11.0. The normalized spacial score (nSPS) is 21.4. The van der Waals surface area contributed by atoms with Gasteiger partial charge in [0.15, 0.2) is 0 Å². The molecule has 1 heterocycles. The molecule has 1 aromatic heterocycles. The van der Waals surface area contributed by atoms with Crippen molar-refractivity contribution in [3.63, 3.8) is 0 Å². The maximum absolute atomic E-state index is 4.60. The third-order valence-electron chi connectivity index (χ3n) is 4.85. The minimum atomic E-state index is 0.566. The van der Waals surface area contributed by atoms with Crippen LogP contribution in [0.25, 0.3) is 0 Å². The Labute approximate surface area is 141 Å². The molecule has 1 aromatic rings. The highest BCUT2D eigenvalue weighted by Crippen LogP contribution is 2.25. The van der Waals surface area contributed by atoms with Crippen LogP contribution >= 0.6 is 0 Å². The second kappa shape index (κ2) is 9.71. The molecule has 2 N–H and O–H groups in total. The molecular weight excluding hydrogens is 286 g/mol. The van der Waals surface area contributed by atoms with Gasteiger partial charge >= 0.3 is 0 Å². The van der Waals surface area contributed by atoms with Gasteiger partial charge in [0.2, 0.25) is 5.95 Å². The quantitative estimate of drug-likeness (QED) is 0.681. The molecule has 130 valence electrons. The average Bonchev–Trinajstić information content (AvgIpc) is 2.57. The second-order valence-electron chi connectivity index (χ2n) is 6.67. The number of nitrogens with one attached hydrogen (secondary N) is 2. The van der Waals surface area contributed by atoms with Crippen LogP contribution < -0.4 is 10.6 Å². The number of aromatic nitrogens is 2. The Balaban J connectivity index is 1.74. The highest BCUT2D eigenvalue weighted by molar-refractivity contribution is 5.40. The fourth-order valence-electron chi connectivity index (χ4n) is 3.18. The van der Waals surface area contributed by atoms with Crippen molar-refractivity contribution in [1.29, 1.82) is 0 Å². The van der Waals surface area contributed by atoms with E-state index >= 15 is 0 Å². The minimum absolute atomic E-state index is 0.566. The zero-order valence-electron chi connectivity index (χ0n) is 15.0. The van der Waals surface area contributed by atoms with E-state index in [1.54, 1.807) is 0 Å². The Morgan fingerprint density at radius 1 is 1.17 bits per heavy atom. The summed E-state index contributed by atoms with van der Waals surface area (Å²) in [7, 11) is 0. The molecule has 1 saturated carbocycles. The molecule has 1 fully saturated rings. The number of nitrogens with zero attached hydrogens (tertiary/aromatic N) is 3. The van der Waals surface area contributed by atoms with Crippen molar-refractivity contribution in [1.82, 2.24) is 14.9 Å². The highest BCUT2D eigenvalue weighted by atomic mass is 15.1. The lowest BCUT2D eigenvalue weighted by Gasteiger charge is -2.27. The maximum atomic E-state index is 4.60. The van der Waals surface area contributed by atoms with Crippen molar-refractivity contribution in [3.05, 3.63) is 12.3 Å². The lowest BCUT2D eigenvalue weighted by molar-refractivity contribution is 0.303. The smallest absolute Gasteiger partial charge is 0.224 e. The summed E-state index contributed by atoms with van der Waals surface area (Å²) in [6, 6.07) is 2.54. The van der Waals surface area contributed by atoms with Crippen molar-refractivity contribution in [2.45, 2.75) is 58.9 Å². The van der Waals surface area contributed by atoms with Gasteiger partial charge < -0.3 is 15.5 Å². The molecule has 0 bridgehead atoms. The van der Waals surface area contributed by atoms with Crippen molar-refractivity contribution in [2.75, 3.05) is 36.8 Å². The molecule has 5 nitrogen and oxygen atoms in total. The third kappa shape index (κ3) is 6.34. The Hall–Kier alpha value is -1.36. The van der Waals surface area contributed by atoms with Gasteiger partial charge in [0.05, 0.1) is 0 Å². The second-order valence-corrected chi connectivity index (χ2v) is 6.67. The fourth-order valence-corrected chi connectivity index (χ4v) is 3.18. The molecule has 0 aliphatic heterocycles. The fraction of sp³-hybridized carbons (Fsp3) is 0.778. The van der Waals surface area contributed by atoms with Gasteiger partial charge in [-0.05, 0) is 63.7 Å². The molecule has 5 heteroatoms. The van der Waals surface area contributed by atoms with Crippen molar-refractivity contribution >= 4 is 11.8 Å². The standard InChI is InChI=1S/C18H33N5/c1-4-23(5-2)14-6-12-19-18-20-13-11-17(22-18)21-16-9-7-15(3)8-10-16/h11,13,15-16H,4-10,12,14H2,1-3H3,(H2,19,20,21,22). The third-order valence-corrected chi connectivity index (χ3v) is 4.85. The van der Waals surface area contributed by atoms with E-state index < -0.39 is 0 Å². The van der Waals surface area contributed by atoms with E-state index in [9.17, 15) is 0 Å². The first-order chi connectivity index (χ1) is 11.2. The van der Waals surface area contributed by atoms with Gasteiger partial charge in [0.1, 0.15) is 5.82 Å². The summed E-state index contributed by atoms with van der Waals surface area (Å²) in [4.78, 5) is 11.4. The molecular formula is C18H33N5. The summed E-state index contributed by atoms with van der Waals surface area (Å²) in [5.74, 6) is 2.56. The van der Waals surface area contributed by atoms with Crippen LogP contribution in [0.3, 0.4) is 0 Å². The molecule has 0 spiro atoms. The van der Waals surface area contributed by atoms with E-state index in [-0.39, 0.29) is 0 Å². The molecule has 0 amide bonds. The van der Waals surface area contributed by atoms with E-state index in [2.05, 4.69) is 46.3 Å². The molecule has 1 aliphatic carbocycles. The van der Waals surface area contributed by atoms with Gasteiger partial charge in [-0.3, -0.25) is 0 Å². The summed E-state index contributed by atoms with van der Waals surface area (Å²) in [5, 5.41) is 6.91. The Bertz CT molecular complexity index is 439. The molecule has 0 aromatic carbocycles. The van der Waals surface area contributed by atoms with Gasteiger partial charge in [-0.25, -0.2) is 4.98 Å². The molecule has 0 radical (unpaired) electrons. The van der Waals surface area contributed by atoms with Gasteiger partial charge in [0.25, 0.3) is 0 Å². The summed E-state index contributed by atoms with van der Waals surface area (Å²) >= 11 is 0. The van der Waals surface area contributed by atoms with Crippen LogP contribution in [0.15, 0.2) is 12.3 Å². The summed E-state index contributed by atoms with van der Waals surface area (Å²) < 4.78 is 0. The van der Waals surface area contributed by atoms with Crippen LogP contribution in [-0.2, 0) is 0 Å². The van der Waals surface area contributed by atoms with Crippen LogP contribution in [0, 0.1) is 5.92 Å². The zero-order chi connectivity index (χ0) is 16.5. The van der Waals surface area contributed by atoms with E-state index in [0.717, 1.165) is 50.3 Å². The number of anilines is 2. The van der Waals surface area contributed by atoms with Crippen molar-refractivity contribution < 1.29 is 0 Å². The van der Waals surface area contributed by atoms with Gasteiger partial charge in [-0.15, -0.1) is 0 Å². The van der Waals surface area contributed by atoms with Crippen LogP contribution in [0.2, 0.25) is 0 Å². The van der Waals surface area contributed by atoms with E-state index in [0.29, 0.717) is 6.04 Å². The summed E-state index contributed by atoms with van der Waals surface area (Å²) in [5.41, 5.74) is 0. The average molecular weight is 319 g/mol. The monoisotopic (exact) mass is 319 g/mol. The first kappa shape index (κ1) is 18.0. The molecule has 0 saturated heterocycles. The van der Waals surface area contributed by atoms with Crippen molar-refractivity contribution in [3.8, 4) is 0 Å². The SMILES string of the molecule is CCN(CC)CCCNc1nccc(NC2CCC(C)CC2)n1. The van der Waals surface area contributed by atoms with Crippen LogP contribution in [-0.4, -0.2) is 47.1 Å². The first-order valence-electron chi connectivity index (χ1n) is 9.27. The van der Waals surface area contributed by atoms with Crippen molar-refractivity contribution in [2.24, 2.45) is 5.92 Å². The lowest BCUT2D eigenvalue weighted by Crippen LogP contribution is -2.26.